The third-order valence-electron chi connectivity index (χ3n) is 2.75. The summed E-state index contributed by atoms with van der Waals surface area (Å²) >= 11 is 0. The Balaban J connectivity index is 1.96. The molecule has 0 spiro atoms. The van der Waals surface area contributed by atoms with Gasteiger partial charge in [0.25, 0.3) is 11.8 Å². The molecule has 2 heterocycles. The SMILES string of the molecule is O=C(ON1C(=O)CCC1=O)C1CCCN1P. The Kier molecular flexibility index (Phi) is 3.21. The van der Waals surface area contributed by atoms with Crippen LogP contribution in [0.5, 0.6) is 0 Å². The van der Waals surface area contributed by atoms with Gasteiger partial charge in [-0.15, -0.1) is 5.06 Å². The first-order chi connectivity index (χ1) is 7.59. The van der Waals surface area contributed by atoms with Crippen molar-refractivity contribution in [3.63, 3.8) is 0 Å². The van der Waals surface area contributed by atoms with Crippen LogP contribution in [0.25, 0.3) is 0 Å². The highest BCUT2D eigenvalue weighted by Crippen LogP contribution is 2.23. The average Bonchev–Trinajstić information content (AvgIpc) is 2.79. The standard InChI is InChI=1S/C9H13N2O4P/c12-7-3-4-8(13)11(7)15-9(14)6-2-1-5-10(6)16/h6H,1-5,16H2. The topological polar surface area (TPSA) is 66.9 Å². The van der Waals surface area contributed by atoms with E-state index >= 15 is 0 Å². The Hall–Kier alpha value is -1.00. The molecule has 7 heteroatoms. The van der Waals surface area contributed by atoms with Gasteiger partial charge < -0.3 is 4.84 Å². The van der Waals surface area contributed by atoms with Crippen LogP contribution in [-0.2, 0) is 19.2 Å². The molecule has 2 saturated heterocycles. The van der Waals surface area contributed by atoms with Gasteiger partial charge in [0.15, 0.2) is 0 Å². The van der Waals surface area contributed by atoms with Crippen molar-refractivity contribution in [2.45, 2.75) is 31.7 Å². The van der Waals surface area contributed by atoms with Crippen LogP contribution in [0.1, 0.15) is 25.7 Å². The number of rotatable bonds is 2. The lowest BCUT2D eigenvalue weighted by atomic mass is 10.2. The highest BCUT2D eigenvalue weighted by atomic mass is 31.0. The minimum atomic E-state index is -0.531. The molecular formula is C9H13N2O4P. The van der Waals surface area contributed by atoms with E-state index in [9.17, 15) is 14.4 Å². The van der Waals surface area contributed by atoms with Crippen molar-refractivity contribution in [3.8, 4) is 0 Å². The Morgan fingerprint density at radius 1 is 1.31 bits per heavy atom. The molecule has 0 saturated carbocycles. The molecule has 0 aromatic carbocycles. The highest BCUT2D eigenvalue weighted by Gasteiger charge is 2.37. The Morgan fingerprint density at radius 3 is 2.44 bits per heavy atom. The van der Waals surface area contributed by atoms with Gasteiger partial charge >= 0.3 is 5.97 Å². The summed E-state index contributed by atoms with van der Waals surface area (Å²) in [6.45, 7) is 0.798. The van der Waals surface area contributed by atoms with Crippen LogP contribution in [0.2, 0.25) is 0 Å². The second kappa shape index (κ2) is 4.47. The van der Waals surface area contributed by atoms with Gasteiger partial charge in [-0.05, 0) is 12.8 Å². The maximum absolute atomic E-state index is 11.7. The van der Waals surface area contributed by atoms with Crippen LogP contribution in [0, 0.1) is 0 Å². The highest BCUT2D eigenvalue weighted by molar-refractivity contribution is 7.13. The molecule has 0 aromatic heterocycles. The van der Waals surface area contributed by atoms with Crippen molar-refractivity contribution < 1.29 is 19.2 Å². The molecule has 6 nitrogen and oxygen atoms in total. The summed E-state index contributed by atoms with van der Waals surface area (Å²) in [6.07, 6.45) is 1.85. The van der Waals surface area contributed by atoms with Crippen LogP contribution in [0.3, 0.4) is 0 Å². The van der Waals surface area contributed by atoms with Gasteiger partial charge in [0, 0.05) is 19.4 Å². The van der Waals surface area contributed by atoms with Crippen LogP contribution in [0.4, 0.5) is 0 Å². The number of hydrogen-bond donors (Lipinski definition) is 0. The molecule has 2 aliphatic heterocycles. The van der Waals surface area contributed by atoms with Crippen LogP contribution < -0.4 is 0 Å². The van der Waals surface area contributed by atoms with Crippen LogP contribution >= 0.6 is 9.39 Å². The number of nitrogens with zero attached hydrogens (tertiary/aromatic N) is 2. The molecule has 0 N–H and O–H groups in total. The third-order valence-corrected chi connectivity index (χ3v) is 3.37. The van der Waals surface area contributed by atoms with Crippen molar-refractivity contribution in [2.75, 3.05) is 6.54 Å². The summed E-state index contributed by atoms with van der Waals surface area (Å²) in [5, 5.41) is 0.596. The fourth-order valence-corrected chi connectivity index (χ4v) is 2.30. The lowest BCUT2D eigenvalue weighted by molar-refractivity contribution is -0.199. The summed E-state index contributed by atoms with van der Waals surface area (Å²) in [5.74, 6) is -1.41. The molecule has 2 aliphatic rings. The number of carbonyl (C=O) groups is 3. The number of carbonyl (C=O) groups excluding carboxylic acids is 3. The molecule has 88 valence electrons. The zero-order valence-electron chi connectivity index (χ0n) is 8.72. The minimum absolute atomic E-state index is 0.126. The summed E-state index contributed by atoms with van der Waals surface area (Å²) in [6, 6.07) is -0.369. The van der Waals surface area contributed by atoms with Gasteiger partial charge in [0.1, 0.15) is 6.04 Å². The van der Waals surface area contributed by atoms with Crippen molar-refractivity contribution in [2.24, 2.45) is 0 Å². The van der Waals surface area contributed by atoms with Crippen molar-refractivity contribution in [1.29, 1.82) is 0 Å². The zero-order chi connectivity index (χ0) is 11.7. The first-order valence-electron chi connectivity index (χ1n) is 5.18. The molecule has 2 unspecified atom stereocenters. The second-order valence-electron chi connectivity index (χ2n) is 3.89. The summed E-state index contributed by atoms with van der Waals surface area (Å²) in [5.41, 5.74) is 0. The Labute approximate surface area is 95.1 Å². The van der Waals surface area contributed by atoms with Crippen molar-refractivity contribution in [3.05, 3.63) is 0 Å². The second-order valence-corrected chi connectivity index (χ2v) is 4.55. The number of hydroxylamine groups is 2. The molecule has 0 radical (unpaired) electrons. The van der Waals surface area contributed by atoms with Gasteiger partial charge in [-0.2, -0.15) is 0 Å². The zero-order valence-corrected chi connectivity index (χ0v) is 9.87. The van der Waals surface area contributed by atoms with Crippen molar-refractivity contribution in [1.82, 2.24) is 9.73 Å². The van der Waals surface area contributed by atoms with Crippen LogP contribution in [-0.4, -0.2) is 40.1 Å². The molecule has 0 bridgehead atoms. The summed E-state index contributed by atoms with van der Waals surface area (Å²) in [7, 11) is 2.45. The van der Waals surface area contributed by atoms with E-state index in [1.165, 1.54) is 0 Å². The van der Waals surface area contributed by atoms with E-state index in [0.717, 1.165) is 13.0 Å². The monoisotopic (exact) mass is 244 g/mol. The molecule has 16 heavy (non-hydrogen) atoms. The maximum atomic E-state index is 11.7. The normalized spacial score (nSPS) is 26.6. The fraction of sp³-hybridized carbons (Fsp3) is 0.667. The fourth-order valence-electron chi connectivity index (χ4n) is 1.85. The summed E-state index contributed by atoms with van der Waals surface area (Å²) < 4.78 is 1.79. The van der Waals surface area contributed by atoms with Crippen LogP contribution in [0.15, 0.2) is 0 Å². The molecule has 0 aliphatic carbocycles. The van der Waals surface area contributed by atoms with Gasteiger partial charge in [-0.1, -0.05) is 9.39 Å². The van der Waals surface area contributed by atoms with E-state index in [4.69, 9.17) is 4.84 Å². The van der Waals surface area contributed by atoms with E-state index in [0.29, 0.717) is 11.5 Å². The smallest absolute Gasteiger partial charge is 0.329 e. The molecule has 2 amide bonds. The molecule has 0 aromatic rings. The molecule has 2 atom stereocenters. The minimum Gasteiger partial charge on any atom is -0.329 e. The maximum Gasteiger partial charge on any atom is 0.350 e. The van der Waals surface area contributed by atoms with E-state index in [-0.39, 0.29) is 18.9 Å². The van der Waals surface area contributed by atoms with Crippen molar-refractivity contribution >= 4 is 27.2 Å². The first-order valence-corrected chi connectivity index (χ1v) is 5.70. The largest absolute Gasteiger partial charge is 0.350 e. The lowest BCUT2D eigenvalue weighted by Crippen LogP contribution is -2.39. The quantitative estimate of drug-likeness (QED) is 0.499. The van der Waals surface area contributed by atoms with Gasteiger partial charge in [0.05, 0.1) is 0 Å². The van der Waals surface area contributed by atoms with E-state index in [1.807, 2.05) is 0 Å². The van der Waals surface area contributed by atoms with Gasteiger partial charge in [-0.3, -0.25) is 14.3 Å². The number of hydrogen-bond acceptors (Lipinski definition) is 5. The molecular weight excluding hydrogens is 231 g/mol. The summed E-state index contributed by atoms with van der Waals surface area (Å²) in [4.78, 5) is 39.0. The Bertz CT molecular complexity index is 330. The molecule has 2 fully saturated rings. The first kappa shape index (κ1) is 11.5. The van der Waals surface area contributed by atoms with E-state index < -0.39 is 17.8 Å². The molecule has 2 rings (SSSR count). The number of imide groups is 1. The van der Waals surface area contributed by atoms with Gasteiger partial charge in [-0.25, -0.2) is 4.79 Å². The predicted molar refractivity (Wildman–Crippen MR) is 56.6 cm³/mol. The Morgan fingerprint density at radius 2 is 1.94 bits per heavy atom. The predicted octanol–water partition coefficient (Wildman–Crippen LogP) is -0.152. The van der Waals surface area contributed by atoms with E-state index in [2.05, 4.69) is 9.39 Å². The van der Waals surface area contributed by atoms with E-state index in [1.54, 1.807) is 4.67 Å². The van der Waals surface area contributed by atoms with Gasteiger partial charge in [0.2, 0.25) is 0 Å². The number of amides is 2. The third kappa shape index (κ3) is 2.08. The average molecular weight is 244 g/mol. The lowest BCUT2D eigenvalue weighted by Gasteiger charge is -2.19.